The van der Waals surface area contributed by atoms with Crippen LogP contribution in [0.1, 0.15) is 23.6 Å². The van der Waals surface area contributed by atoms with Crippen LogP contribution in [0.15, 0.2) is 30.3 Å². The molecule has 1 aromatic heterocycles. The van der Waals surface area contributed by atoms with Gasteiger partial charge in [-0.2, -0.15) is 5.10 Å². The van der Waals surface area contributed by atoms with Gasteiger partial charge in [0.1, 0.15) is 11.6 Å². The highest BCUT2D eigenvalue weighted by Crippen LogP contribution is 2.12. The minimum absolute atomic E-state index is 0.326. The molecule has 3 rings (SSSR count). The molecule has 0 saturated carbocycles. The van der Waals surface area contributed by atoms with Crippen molar-refractivity contribution < 1.29 is 9.84 Å². The van der Waals surface area contributed by atoms with Gasteiger partial charge in [-0.25, -0.2) is 9.67 Å². The summed E-state index contributed by atoms with van der Waals surface area (Å²) in [4.78, 5) is 4.40. The number of aromatic nitrogens is 3. The molecule has 1 aliphatic rings. The largest absolute Gasteiger partial charge is 0.389 e. The third-order valence-electron chi connectivity index (χ3n) is 4.03. The number of aryl methyl sites for hydroxylation is 2. The van der Waals surface area contributed by atoms with Gasteiger partial charge in [0.05, 0.1) is 25.9 Å². The Morgan fingerprint density at radius 2 is 2.22 bits per heavy atom. The van der Waals surface area contributed by atoms with Crippen molar-refractivity contribution in [2.24, 2.45) is 0 Å². The summed E-state index contributed by atoms with van der Waals surface area (Å²) in [6.07, 6.45) is 1.45. The monoisotopic (exact) mass is 316 g/mol. The number of nitrogens with one attached hydrogen (secondary N) is 1. The van der Waals surface area contributed by atoms with Gasteiger partial charge in [-0.15, -0.1) is 0 Å². The van der Waals surface area contributed by atoms with Crippen LogP contribution in [0.4, 0.5) is 0 Å². The van der Waals surface area contributed by atoms with Crippen LogP contribution >= 0.6 is 0 Å². The molecule has 6 heteroatoms. The molecule has 124 valence electrons. The van der Waals surface area contributed by atoms with Crippen LogP contribution in [0.25, 0.3) is 0 Å². The standard InChI is InChI=1S/C17H24N4O2/c1-13-19-17-8-7-15(10-21(17)20-13)18-9-16(22)12-23-11-14-5-3-2-4-6-14/h2-6,15-16,18,22H,7-12H2,1H3/t15-,16+/m0/s1. The summed E-state index contributed by atoms with van der Waals surface area (Å²) in [5.74, 6) is 1.89. The lowest BCUT2D eigenvalue weighted by Crippen LogP contribution is -2.42. The quantitative estimate of drug-likeness (QED) is 0.799. The summed E-state index contributed by atoms with van der Waals surface area (Å²) < 4.78 is 7.53. The third kappa shape index (κ3) is 4.60. The highest BCUT2D eigenvalue weighted by atomic mass is 16.5. The summed E-state index contributed by atoms with van der Waals surface area (Å²) in [6.45, 7) is 4.13. The number of fused-ring (bicyclic) bond motifs is 1. The lowest BCUT2D eigenvalue weighted by atomic mass is 10.1. The molecular formula is C17H24N4O2. The van der Waals surface area contributed by atoms with Crippen molar-refractivity contribution in [2.75, 3.05) is 13.2 Å². The highest BCUT2D eigenvalue weighted by molar-refractivity contribution is 5.13. The fourth-order valence-corrected chi connectivity index (χ4v) is 2.85. The van der Waals surface area contributed by atoms with Crippen LogP contribution in [0.5, 0.6) is 0 Å². The lowest BCUT2D eigenvalue weighted by molar-refractivity contribution is 0.0269. The normalized spacial score (nSPS) is 18.6. The van der Waals surface area contributed by atoms with Gasteiger partial charge in [-0.3, -0.25) is 0 Å². The van der Waals surface area contributed by atoms with Gasteiger partial charge >= 0.3 is 0 Å². The maximum Gasteiger partial charge on any atom is 0.147 e. The zero-order valence-electron chi connectivity index (χ0n) is 13.5. The van der Waals surface area contributed by atoms with Crippen molar-refractivity contribution in [3.8, 4) is 0 Å². The molecule has 2 N–H and O–H groups in total. The first-order valence-electron chi connectivity index (χ1n) is 8.14. The average molecular weight is 316 g/mol. The number of benzene rings is 1. The first kappa shape index (κ1) is 16.1. The van der Waals surface area contributed by atoms with Crippen molar-refractivity contribution >= 4 is 0 Å². The summed E-state index contributed by atoms with van der Waals surface area (Å²) >= 11 is 0. The second-order valence-electron chi connectivity index (χ2n) is 6.06. The van der Waals surface area contributed by atoms with E-state index in [0.29, 0.717) is 25.8 Å². The van der Waals surface area contributed by atoms with Crippen LogP contribution in [0, 0.1) is 6.92 Å². The molecule has 0 aliphatic carbocycles. The maximum absolute atomic E-state index is 10.0. The van der Waals surface area contributed by atoms with E-state index in [1.54, 1.807) is 0 Å². The first-order valence-corrected chi connectivity index (χ1v) is 8.14. The van der Waals surface area contributed by atoms with E-state index in [9.17, 15) is 5.11 Å². The van der Waals surface area contributed by atoms with E-state index in [4.69, 9.17) is 4.74 Å². The van der Waals surface area contributed by atoms with Crippen LogP contribution in [-0.4, -0.2) is 45.2 Å². The SMILES string of the molecule is Cc1nc2n(n1)C[C@@H](NC[C@@H](O)COCc1ccccc1)CC2. The Morgan fingerprint density at radius 1 is 1.39 bits per heavy atom. The summed E-state index contributed by atoms with van der Waals surface area (Å²) in [5.41, 5.74) is 1.12. The van der Waals surface area contributed by atoms with E-state index in [0.717, 1.165) is 36.6 Å². The Labute approximate surface area is 136 Å². The highest BCUT2D eigenvalue weighted by Gasteiger charge is 2.21. The van der Waals surface area contributed by atoms with Crippen molar-refractivity contribution in [1.29, 1.82) is 0 Å². The van der Waals surface area contributed by atoms with Gasteiger partial charge in [0.25, 0.3) is 0 Å². The maximum atomic E-state index is 10.0. The van der Waals surface area contributed by atoms with E-state index in [1.807, 2.05) is 41.9 Å². The zero-order valence-corrected chi connectivity index (χ0v) is 13.5. The number of hydrogen-bond acceptors (Lipinski definition) is 5. The third-order valence-corrected chi connectivity index (χ3v) is 4.03. The Kier molecular flexibility index (Phi) is 5.38. The number of rotatable bonds is 7. The molecule has 6 nitrogen and oxygen atoms in total. The molecule has 0 spiro atoms. The molecule has 1 aliphatic heterocycles. The number of aliphatic hydroxyl groups excluding tert-OH is 1. The second-order valence-corrected chi connectivity index (χ2v) is 6.06. The van der Waals surface area contributed by atoms with Crippen molar-refractivity contribution in [1.82, 2.24) is 20.1 Å². The Hall–Kier alpha value is -1.76. The summed E-state index contributed by atoms with van der Waals surface area (Å²) in [6, 6.07) is 10.3. The number of aliphatic hydroxyl groups is 1. The van der Waals surface area contributed by atoms with Crippen LogP contribution in [0.3, 0.4) is 0 Å². The zero-order chi connectivity index (χ0) is 16.1. The van der Waals surface area contributed by atoms with Gasteiger partial charge in [0.2, 0.25) is 0 Å². The molecule has 2 aromatic rings. The second kappa shape index (κ2) is 7.68. The predicted octanol–water partition coefficient (Wildman–Crippen LogP) is 1.07. The lowest BCUT2D eigenvalue weighted by Gasteiger charge is -2.24. The molecule has 0 amide bonds. The van der Waals surface area contributed by atoms with Gasteiger partial charge in [-0.1, -0.05) is 30.3 Å². The number of hydrogen-bond donors (Lipinski definition) is 2. The summed E-state index contributed by atoms with van der Waals surface area (Å²) in [5, 5.41) is 17.8. The minimum Gasteiger partial charge on any atom is -0.389 e. The van der Waals surface area contributed by atoms with Crippen LogP contribution in [-0.2, 0) is 24.3 Å². The topological polar surface area (TPSA) is 72.2 Å². The molecule has 0 fully saturated rings. The predicted molar refractivity (Wildman–Crippen MR) is 87.0 cm³/mol. The fourth-order valence-electron chi connectivity index (χ4n) is 2.85. The van der Waals surface area contributed by atoms with Gasteiger partial charge in [0.15, 0.2) is 0 Å². The molecule has 0 unspecified atom stereocenters. The number of ether oxygens (including phenoxy) is 1. The van der Waals surface area contributed by atoms with E-state index in [1.165, 1.54) is 0 Å². The molecule has 2 heterocycles. The van der Waals surface area contributed by atoms with Crippen LogP contribution < -0.4 is 5.32 Å². The van der Waals surface area contributed by atoms with E-state index >= 15 is 0 Å². The van der Waals surface area contributed by atoms with E-state index in [-0.39, 0.29) is 0 Å². The van der Waals surface area contributed by atoms with Crippen molar-refractivity contribution in [3.63, 3.8) is 0 Å². The molecular weight excluding hydrogens is 292 g/mol. The summed E-state index contributed by atoms with van der Waals surface area (Å²) in [7, 11) is 0. The van der Waals surface area contributed by atoms with Gasteiger partial charge in [0, 0.05) is 19.0 Å². The first-order chi connectivity index (χ1) is 11.2. The average Bonchev–Trinajstić information content (AvgIpc) is 2.93. The van der Waals surface area contributed by atoms with Gasteiger partial charge < -0.3 is 15.2 Å². The molecule has 0 saturated heterocycles. The fraction of sp³-hybridized carbons (Fsp3) is 0.529. The molecule has 0 bridgehead atoms. The molecule has 0 radical (unpaired) electrons. The number of nitrogens with zero attached hydrogens (tertiary/aromatic N) is 3. The molecule has 1 aromatic carbocycles. The Balaban J connectivity index is 1.35. The van der Waals surface area contributed by atoms with E-state index < -0.39 is 6.10 Å². The van der Waals surface area contributed by atoms with Crippen molar-refractivity contribution in [3.05, 3.63) is 47.5 Å². The smallest absolute Gasteiger partial charge is 0.147 e. The van der Waals surface area contributed by atoms with E-state index in [2.05, 4.69) is 15.4 Å². The van der Waals surface area contributed by atoms with Crippen molar-refractivity contribution in [2.45, 2.75) is 45.1 Å². The Bertz CT molecular complexity index is 614. The Morgan fingerprint density at radius 3 is 3.04 bits per heavy atom. The molecule has 23 heavy (non-hydrogen) atoms. The van der Waals surface area contributed by atoms with Crippen LogP contribution in [0.2, 0.25) is 0 Å². The minimum atomic E-state index is -0.502. The van der Waals surface area contributed by atoms with Gasteiger partial charge in [-0.05, 0) is 18.9 Å². The molecule has 2 atom stereocenters.